The molecule has 19 heavy (non-hydrogen) atoms. The first kappa shape index (κ1) is 12.7. The Balaban J connectivity index is 2.26. The lowest BCUT2D eigenvalue weighted by atomic mass is 10.2. The first-order chi connectivity index (χ1) is 9.10. The minimum absolute atomic E-state index is 0.230. The van der Waals surface area contributed by atoms with Gasteiger partial charge < -0.3 is 16.0 Å². The van der Waals surface area contributed by atoms with E-state index in [1.54, 1.807) is 12.1 Å². The Hall–Kier alpha value is -2.74. The van der Waals surface area contributed by atoms with Crippen molar-refractivity contribution in [2.24, 2.45) is 0 Å². The van der Waals surface area contributed by atoms with Crippen LogP contribution in [0.25, 0.3) is 0 Å². The number of nitrogens with two attached hydrogens (primary N) is 1. The number of benzene rings is 1. The number of nitrogen functional groups attached to an aromatic ring is 1. The summed E-state index contributed by atoms with van der Waals surface area (Å²) in [6, 6.07) is 13.3. The number of nitriles is 1. The summed E-state index contributed by atoms with van der Waals surface area (Å²) in [5, 5.41) is 12.1. The van der Waals surface area contributed by atoms with E-state index in [4.69, 9.17) is 11.0 Å². The van der Waals surface area contributed by atoms with Gasteiger partial charge in [0.2, 0.25) is 0 Å². The van der Waals surface area contributed by atoms with Crippen LogP contribution in [0, 0.1) is 11.3 Å². The van der Waals surface area contributed by atoms with E-state index in [2.05, 4.69) is 10.3 Å². The van der Waals surface area contributed by atoms with Gasteiger partial charge in [-0.15, -0.1) is 0 Å². The zero-order chi connectivity index (χ0) is 13.8. The van der Waals surface area contributed by atoms with Crippen molar-refractivity contribution >= 4 is 22.9 Å². The molecular weight excluding hydrogens is 238 g/mol. The summed E-state index contributed by atoms with van der Waals surface area (Å²) in [5.74, 6) is 0.599. The van der Waals surface area contributed by atoms with Crippen molar-refractivity contribution in [3.05, 3.63) is 42.1 Å². The molecule has 0 unspecified atom stereocenters. The normalized spacial score (nSPS) is 9.74. The molecule has 0 aliphatic heterocycles. The van der Waals surface area contributed by atoms with Gasteiger partial charge in [0.1, 0.15) is 11.9 Å². The fourth-order valence-electron chi connectivity index (χ4n) is 1.64. The van der Waals surface area contributed by atoms with E-state index in [0.29, 0.717) is 11.5 Å². The summed E-state index contributed by atoms with van der Waals surface area (Å²) >= 11 is 0. The van der Waals surface area contributed by atoms with Crippen molar-refractivity contribution in [1.82, 2.24) is 4.98 Å². The molecule has 0 amide bonds. The van der Waals surface area contributed by atoms with Gasteiger partial charge in [-0.3, -0.25) is 0 Å². The van der Waals surface area contributed by atoms with Crippen LogP contribution in [0.15, 0.2) is 36.4 Å². The van der Waals surface area contributed by atoms with Gasteiger partial charge in [-0.05, 0) is 30.3 Å². The van der Waals surface area contributed by atoms with Crippen molar-refractivity contribution in [3.8, 4) is 6.07 Å². The van der Waals surface area contributed by atoms with Crippen molar-refractivity contribution in [2.45, 2.75) is 0 Å². The Morgan fingerprint density at radius 1 is 1.26 bits per heavy atom. The summed E-state index contributed by atoms with van der Waals surface area (Å²) in [7, 11) is 3.96. The maximum absolute atomic E-state index is 8.90. The molecule has 0 radical (unpaired) electrons. The highest BCUT2D eigenvalue weighted by atomic mass is 15.1. The van der Waals surface area contributed by atoms with Gasteiger partial charge in [-0.1, -0.05) is 6.07 Å². The van der Waals surface area contributed by atoms with E-state index < -0.39 is 0 Å². The molecule has 0 atom stereocenters. The number of rotatable bonds is 3. The second-order valence-corrected chi connectivity index (χ2v) is 4.32. The minimum atomic E-state index is 0.230. The highest BCUT2D eigenvalue weighted by molar-refractivity contribution is 5.65. The summed E-state index contributed by atoms with van der Waals surface area (Å²) in [6.07, 6.45) is 0. The highest BCUT2D eigenvalue weighted by Crippen LogP contribution is 2.21. The van der Waals surface area contributed by atoms with Gasteiger partial charge >= 0.3 is 0 Å². The van der Waals surface area contributed by atoms with Crippen LogP contribution in [0.3, 0.4) is 0 Å². The molecule has 1 heterocycles. The average Bonchev–Trinajstić information content (AvgIpc) is 2.41. The summed E-state index contributed by atoms with van der Waals surface area (Å²) in [4.78, 5) is 6.17. The molecule has 3 N–H and O–H groups in total. The topological polar surface area (TPSA) is 78.0 Å². The van der Waals surface area contributed by atoms with Crippen molar-refractivity contribution in [3.63, 3.8) is 0 Å². The van der Waals surface area contributed by atoms with Crippen LogP contribution in [0.5, 0.6) is 0 Å². The Morgan fingerprint density at radius 3 is 2.74 bits per heavy atom. The van der Waals surface area contributed by atoms with E-state index in [1.807, 2.05) is 49.3 Å². The molecule has 96 valence electrons. The van der Waals surface area contributed by atoms with Crippen molar-refractivity contribution in [1.29, 1.82) is 5.26 Å². The lowest BCUT2D eigenvalue weighted by Gasteiger charge is -2.14. The van der Waals surface area contributed by atoms with Crippen molar-refractivity contribution in [2.75, 3.05) is 30.0 Å². The molecule has 2 aromatic rings. The molecule has 5 heteroatoms. The smallest absolute Gasteiger partial charge is 0.165 e. The first-order valence-electron chi connectivity index (χ1n) is 5.81. The third-order valence-electron chi connectivity index (χ3n) is 2.67. The lowest BCUT2D eigenvalue weighted by Crippen LogP contribution is -2.08. The molecule has 2 rings (SSSR count). The van der Waals surface area contributed by atoms with Gasteiger partial charge in [-0.2, -0.15) is 5.26 Å². The summed E-state index contributed by atoms with van der Waals surface area (Å²) in [5.41, 5.74) is 8.25. The monoisotopic (exact) mass is 253 g/mol. The quantitative estimate of drug-likeness (QED) is 0.877. The fraction of sp³-hybridized carbons (Fsp3) is 0.143. The molecular formula is C14H15N5. The Kier molecular flexibility index (Phi) is 3.53. The molecule has 1 aromatic heterocycles. The van der Waals surface area contributed by atoms with E-state index in [1.165, 1.54) is 0 Å². The zero-order valence-corrected chi connectivity index (χ0v) is 10.9. The third-order valence-corrected chi connectivity index (χ3v) is 2.67. The van der Waals surface area contributed by atoms with Crippen LogP contribution >= 0.6 is 0 Å². The Bertz CT molecular complexity index is 628. The third kappa shape index (κ3) is 2.93. The molecule has 0 fully saturated rings. The van der Waals surface area contributed by atoms with Gasteiger partial charge in [-0.25, -0.2) is 4.98 Å². The number of hydrogen-bond acceptors (Lipinski definition) is 5. The average molecular weight is 253 g/mol. The van der Waals surface area contributed by atoms with Crippen LogP contribution in [0.2, 0.25) is 0 Å². The van der Waals surface area contributed by atoms with Crippen LogP contribution in [-0.4, -0.2) is 19.1 Å². The van der Waals surface area contributed by atoms with Gasteiger partial charge in [0.25, 0.3) is 0 Å². The summed E-state index contributed by atoms with van der Waals surface area (Å²) in [6.45, 7) is 0. The number of hydrogen-bond donors (Lipinski definition) is 2. The second kappa shape index (κ2) is 5.27. The van der Waals surface area contributed by atoms with E-state index in [9.17, 15) is 0 Å². The maximum atomic E-state index is 8.90. The maximum Gasteiger partial charge on any atom is 0.165 e. The number of nitrogens with zero attached hydrogens (tertiary/aromatic N) is 3. The molecule has 0 aliphatic carbocycles. The Morgan fingerprint density at radius 2 is 2.05 bits per heavy atom. The number of pyridine rings is 1. The lowest BCUT2D eigenvalue weighted by molar-refractivity contribution is 1.13. The van der Waals surface area contributed by atoms with Gasteiger partial charge in [0, 0.05) is 25.5 Å². The number of nitrogens with one attached hydrogen (secondary N) is 1. The van der Waals surface area contributed by atoms with Crippen LogP contribution in [0.1, 0.15) is 5.69 Å². The molecule has 1 aromatic carbocycles. The molecule has 5 nitrogen and oxygen atoms in total. The predicted molar refractivity (Wildman–Crippen MR) is 77.4 cm³/mol. The van der Waals surface area contributed by atoms with E-state index >= 15 is 0 Å². The SMILES string of the molecule is CN(C)c1cccc(Nc2ccc(N)c(C#N)n2)c1. The van der Waals surface area contributed by atoms with Gasteiger partial charge in [0.05, 0.1) is 5.69 Å². The number of aromatic nitrogens is 1. The predicted octanol–water partition coefficient (Wildman–Crippen LogP) is 2.35. The van der Waals surface area contributed by atoms with Crippen LogP contribution < -0.4 is 16.0 Å². The van der Waals surface area contributed by atoms with Crippen LogP contribution in [0.4, 0.5) is 22.9 Å². The van der Waals surface area contributed by atoms with Gasteiger partial charge in [0.15, 0.2) is 5.69 Å². The molecule has 0 spiro atoms. The molecule has 0 saturated heterocycles. The molecule has 0 aliphatic rings. The summed E-state index contributed by atoms with van der Waals surface area (Å²) < 4.78 is 0. The Labute approximate surface area is 112 Å². The highest BCUT2D eigenvalue weighted by Gasteiger charge is 2.03. The first-order valence-corrected chi connectivity index (χ1v) is 5.81. The minimum Gasteiger partial charge on any atom is -0.396 e. The zero-order valence-electron chi connectivity index (χ0n) is 10.9. The second-order valence-electron chi connectivity index (χ2n) is 4.32. The van der Waals surface area contributed by atoms with Crippen LogP contribution in [-0.2, 0) is 0 Å². The van der Waals surface area contributed by atoms with Crippen molar-refractivity contribution < 1.29 is 0 Å². The largest absolute Gasteiger partial charge is 0.396 e. The van der Waals surface area contributed by atoms with E-state index in [0.717, 1.165) is 11.4 Å². The fourth-order valence-corrected chi connectivity index (χ4v) is 1.64. The van der Waals surface area contributed by atoms with E-state index in [-0.39, 0.29) is 5.69 Å². The molecule has 0 bridgehead atoms. The molecule has 0 saturated carbocycles. The standard InChI is InChI=1S/C14H15N5/c1-19(2)11-5-3-4-10(8-11)17-14-7-6-12(16)13(9-15)18-14/h3-8H,16H2,1-2H3,(H,17,18). The number of anilines is 4.